The topological polar surface area (TPSA) is 72.6 Å². The van der Waals surface area contributed by atoms with E-state index in [1.807, 2.05) is 19.9 Å². The molecule has 0 saturated heterocycles. The van der Waals surface area contributed by atoms with Gasteiger partial charge < -0.3 is 14.4 Å². The van der Waals surface area contributed by atoms with Crippen molar-refractivity contribution in [2.75, 3.05) is 6.61 Å². The van der Waals surface area contributed by atoms with E-state index in [1.165, 1.54) is 38.5 Å². The lowest BCUT2D eigenvalue weighted by Crippen LogP contribution is -2.55. The number of aliphatic hydroxyl groups is 1. The number of fused-ring (bicyclic) bond motifs is 5. The number of carbonyl (C=O) groups is 1. The molecule has 1 aromatic heterocycles. The van der Waals surface area contributed by atoms with E-state index in [0.29, 0.717) is 35.5 Å². The van der Waals surface area contributed by atoms with Crippen LogP contribution >= 0.6 is 0 Å². The molecule has 4 fully saturated rings. The van der Waals surface area contributed by atoms with Crippen molar-refractivity contribution >= 4 is 5.97 Å². The van der Waals surface area contributed by atoms with Crippen LogP contribution in [0.3, 0.4) is 0 Å². The van der Waals surface area contributed by atoms with Crippen molar-refractivity contribution in [3.05, 3.63) is 17.5 Å². The number of hydrogen-bond donors (Lipinski definition) is 1. The molecule has 31 heavy (non-hydrogen) atoms. The first-order chi connectivity index (χ1) is 14.7. The average Bonchev–Trinajstić information content (AvgIpc) is 3.32. The zero-order chi connectivity index (χ0) is 22.0. The van der Waals surface area contributed by atoms with Gasteiger partial charge in [-0.3, -0.25) is 0 Å². The molecule has 5 heteroatoms. The van der Waals surface area contributed by atoms with Crippen LogP contribution in [0.5, 0.6) is 0 Å². The SMILES string of the molecule is CCOC(=O)c1cc(C2CC[C@H]3[C@@H]4CC[C@H]5C[C@](C)(O)CC[C@]5(C)[C@H]4CC[C@]23C)on1. The Kier molecular flexibility index (Phi) is 5.08. The normalized spacial score (nSPS) is 46.7. The number of aromatic nitrogens is 1. The van der Waals surface area contributed by atoms with Gasteiger partial charge in [0.2, 0.25) is 0 Å². The van der Waals surface area contributed by atoms with E-state index in [2.05, 4.69) is 19.0 Å². The summed E-state index contributed by atoms with van der Waals surface area (Å²) >= 11 is 0. The summed E-state index contributed by atoms with van der Waals surface area (Å²) in [5, 5.41) is 14.7. The third-order valence-corrected chi connectivity index (χ3v) is 10.3. The molecule has 0 spiro atoms. The van der Waals surface area contributed by atoms with E-state index in [1.54, 1.807) is 0 Å². The number of ether oxygens (including phenoxy) is 1. The lowest BCUT2D eigenvalue weighted by atomic mass is 9.44. The van der Waals surface area contributed by atoms with Crippen molar-refractivity contribution in [1.29, 1.82) is 0 Å². The average molecular weight is 430 g/mol. The fourth-order valence-electron chi connectivity index (χ4n) is 8.65. The van der Waals surface area contributed by atoms with Crippen molar-refractivity contribution in [3.63, 3.8) is 0 Å². The van der Waals surface area contributed by atoms with E-state index in [-0.39, 0.29) is 11.4 Å². The minimum absolute atomic E-state index is 0.218. The standard InChI is InChI=1S/C26H39NO4/c1-5-30-23(28)21-14-22(31-27-21)20-9-8-18-17-7-6-16-15-24(2,29)12-13-25(16,3)19(17)10-11-26(18,20)4/h14,16-20,29H,5-13,15H2,1-4H3/t16-,17-,18-,19-,20?,24+,25-,26-/m0/s1. The summed E-state index contributed by atoms with van der Waals surface area (Å²) in [5.74, 6) is 3.77. The molecular weight excluding hydrogens is 390 g/mol. The van der Waals surface area contributed by atoms with Crippen molar-refractivity contribution in [2.45, 2.75) is 97.0 Å². The molecule has 0 bridgehead atoms. The predicted octanol–water partition coefficient (Wildman–Crippen LogP) is 5.73. The highest BCUT2D eigenvalue weighted by Crippen LogP contribution is 2.69. The molecule has 4 aliphatic rings. The maximum Gasteiger partial charge on any atom is 0.360 e. The number of esters is 1. The molecule has 172 valence electrons. The van der Waals surface area contributed by atoms with Gasteiger partial charge in [0.15, 0.2) is 5.69 Å². The largest absolute Gasteiger partial charge is 0.461 e. The molecular formula is C26H39NO4. The lowest BCUT2D eigenvalue weighted by molar-refractivity contribution is -0.144. The highest BCUT2D eigenvalue weighted by atomic mass is 16.5. The zero-order valence-electron chi connectivity index (χ0n) is 19.7. The van der Waals surface area contributed by atoms with E-state index >= 15 is 0 Å². The molecule has 1 N–H and O–H groups in total. The summed E-state index contributed by atoms with van der Waals surface area (Å²) in [5.41, 5.74) is 0.436. The first-order valence-corrected chi connectivity index (χ1v) is 12.5. The minimum atomic E-state index is -0.471. The smallest absolute Gasteiger partial charge is 0.360 e. The second-order valence-electron chi connectivity index (χ2n) is 11.9. The second kappa shape index (κ2) is 7.33. The van der Waals surface area contributed by atoms with Gasteiger partial charge in [-0.2, -0.15) is 0 Å². The fourth-order valence-corrected chi connectivity index (χ4v) is 8.65. The fraction of sp³-hybridized carbons (Fsp3) is 0.846. The Labute approximate surface area is 186 Å². The van der Waals surface area contributed by atoms with Crippen LogP contribution in [0.15, 0.2) is 10.6 Å². The second-order valence-corrected chi connectivity index (χ2v) is 11.9. The Morgan fingerprint density at radius 2 is 1.87 bits per heavy atom. The first kappa shape index (κ1) is 21.5. The Balaban J connectivity index is 1.37. The van der Waals surface area contributed by atoms with Crippen LogP contribution in [0, 0.1) is 34.5 Å². The molecule has 8 atom stereocenters. The Morgan fingerprint density at radius 1 is 1.10 bits per heavy atom. The summed E-state index contributed by atoms with van der Waals surface area (Å²) in [6, 6.07) is 1.84. The maximum absolute atomic E-state index is 12.1. The number of nitrogens with zero attached hydrogens (tertiary/aromatic N) is 1. The third kappa shape index (κ3) is 3.29. The van der Waals surface area contributed by atoms with Crippen molar-refractivity contribution in [3.8, 4) is 0 Å². The van der Waals surface area contributed by atoms with Gasteiger partial charge in [0, 0.05) is 12.0 Å². The van der Waals surface area contributed by atoms with E-state index in [9.17, 15) is 9.90 Å². The molecule has 0 amide bonds. The highest BCUT2D eigenvalue weighted by molar-refractivity contribution is 5.87. The predicted molar refractivity (Wildman–Crippen MR) is 118 cm³/mol. The van der Waals surface area contributed by atoms with Crippen LogP contribution in [0.25, 0.3) is 0 Å². The Bertz CT molecular complexity index is 846. The Hall–Kier alpha value is -1.36. The molecule has 5 rings (SSSR count). The summed E-state index contributed by atoms with van der Waals surface area (Å²) in [4.78, 5) is 12.1. The number of rotatable bonds is 3. The van der Waals surface area contributed by atoms with Gasteiger partial charge in [-0.25, -0.2) is 4.79 Å². The Morgan fingerprint density at radius 3 is 2.65 bits per heavy atom. The molecule has 0 aliphatic heterocycles. The van der Waals surface area contributed by atoms with Crippen LogP contribution in [0.2, 0.25) is 0 Å². The molecule has 1 aromatic rings. The number of carbonyl (C=O) groups excluding carboxylic acids is 1. The van der Waals surface area contributed by atoms with Crippen LogP contribution in [0.1, 0.15) is 108 Å². The molecule has 0 aromatic carbocycles. The summed E-state index contributed by atoms with van der Waals surface area (Å²) < 4.78 is 10.8. The lowest BCUT2D eigenvalue weighted by Gasteiger charge is -2.61. The van der Waals surface area contributed by atoms with E-state index in [0.717, 1.165) is 36.9 Å². The van der Waals surface area contributed by atoms with Gasteiger partial charge in [-0.05, 0) is 106 Å². The van der Waals surface area contributed by atoms with Gasteiger partial charge >= 0.3 is 5.97 Å². The minimum Gasteiger partial charge on any atom is -0.461 e. The van der Waals surface area contributed by atoms with Gasteiger partial charge in [-0.15, -0.1) is 0 Å². The molecule has 4 saturated carbocycles. The quantitative estimate of drug-likeness (QED) is 0.621. The monoisotopic (exact) mass is 429 g/mol. The van der Waals surface area contributed by atoms with Gasteiger partial charge in [0.25, 0.3) is 0 Å². The summed E-state index contributed by atoms with van der Waals surface area (Å²) in [6.45, 7) is 9.21. The van der Waals surface area contributed by atoms with Crippen molar-refractivity contribution in [1.82, 2.24) is 5.16 Å². The number of hydrogen-bond acceptors (Lipinski definition) is 5. The molecule has 1 heterocycles. The van der Waals surface area contributed by atoms with Crippen molar-refractivity contribution < 1.29 is 19.2 Å². The third-order valence-electron chi connectivity index (χ3n) is 10.3. The van der Waals surface area contributed by atoms with Crippen LogP contribution in [-0.2, 0) is 4.74 Å². The van der Waals surface area contributed by atoms with E-state index in [4.69, 9.17) is 9.26 Å². The zero-order valence-corrected chi connectivity index (χ0v) is 19.7. The van der Waals surface area contributed by atoms with Gasteiger partial charge in [-0.1, -0.05) is 19.0 Å². The van der Waals surface area contributed by atoms with Crippen LogP contribution < -0.4 is 0 Å². The van der Waals surface area contributed by atoms with Crippen LogP contribution in [-0.4, -0.2) is 28.4 Å². The maximum atomic E-state index is 12.1. The molecule has 4 aliphatic carbocycles. The summed E-state index contributed by atoms with van der Waals surface area (Å²) in [7, 11) is 0. The molecule has 0 radical (unpaired) electrons. The molecule has 5 nitrogen and oxygen atoms in total. The highest BCUT2D eigenvalue weighted by Gasteiger charge is 2.61. The van der Waals surface area contributed by atoms with Gasteiger partial charge in [0.05, 0.1) is 12.2 Å². The van der Waals surface area contributed by atoms with Gasteiger partial charge in [0.1, 0.15) is 5.76 Å². The van der Waals surface area contributed by atoms with Crippen LogP contribution in [0.4, 0.5) is 0 Å². The summed E-state index contributed by atoms with van der Waals surface area (Å²) in [6.07, 6.45) is 10.5. The van der Waals surface area contributed by atoms with E-state index < -0.39 is 5.60 Å². The first-order valence-electron chi connectivity index (χ1n) is 12.5. The van der Waals surface area contributed by atoms with Crippen molar-refractivity contribution in [2.24, 2.45) is 34.5 Å². The molecule has 1 unspecified atom stereocenters.